The van der Waals surface area contributed by atoms with E-state index in [4.69, 9.17) is 4.74 Å². The molecule has 0 aliphatic heterocycles. The van der Waals surface area contributed by atoms with Gasteiger partial charge in [0.2, 0.25) is 5.78 Å². The van der Waals surface area contributed by atoms with Crippen molar-refractivity contribution < 1.29 is 9.53 Å². The first-order valence-corrected chi connectivity index (χ1v) is 9.51. The van der Waals surface area contributed by atoms with Crippen molar-refractivity contribution in [3.8, 4) is 5.75 Å². The predicted octanol–water partition coefficient (Wildman–Crippen LogP) is 5.02. The number of aryl methyl sites for hydroxylation is 3. The number of carbonyl (C=O) groups is 1. The van der Waals surface area contributed by atoms with E-state index in [1.807, 2.05) is 75.5 Å². The molecule has 2 aromatic carbocycles. The van der Waals surface area contributed by atoms with Gasteiger partial charge in [0.1, 0.15) is 5.75 Å². The molecule has 0 amide bonds. The number of benzene rings is 2. The molecule has 0 atom stereocenters. The van der Waals surface area contributed by atoms with E-state index in [2.05, 4.69) is 11.9 Å². The molecule has 0 saturated heterocycles. The van der Waals surface area contributed by atoms with E-state index in [0.717, 1.165) is 53.1 Å². The zero-order valence-electron chi connectivity index (χ0n) is 16.9. The molecule has 3 rings (SSSR count). The fourth-order valence-electron chi connectivity index (χ4n) is 3.07. The van der Waals surface area contributed by atoms with Crippen LogP contribution in [0.1, 0.15) is 46.8 Å². The van der Waals surface area contributed by atoms with Crippen LogP contribution in [0.4, 0.5) is 5.69 Å². The van der Waals surface area contributed by atoms with Crippen LogP contribution in [0.25, 0.3) is 0 Å². The quantitative estimate of drug-likeness (QED) is 0.394. The van der Waals surface area contributed by atoms with E-state index in [-0.39, 0.29) is 5.78 Å². The van der Waals surface area contributed by atoms with Gasteiger partial charge >= 0.3 is 0 Å². The first-order chi connectivity index (χ1) is 12.8. The van der Waals surface area contributed by atoms with Crippen LogP contribution in [0.2, 0.25) is 0 Å². The third-order valence-corrected chi connectivity index (χ3v) is 5.10. The Morgan fingerprint density at radius 1 is 1.19 bits per heavy atom. The molecule has 1 saturated carbocycles. The summed E-state index contributed by atoms with van der Waals surface area (Å²) in [4.78, 5) is 19.8. The van der Waals surface area contributed by atoms with E-state index >= 15 is 0 Å². The first-order valence-electron chi connectivity index (χ1n) is 9.51. The number of nitrogens with zero attached hydrogens (tertiary/aromatic N) is 2. The van der Waals surface area contributed by atoms with Crippen molar-refractivity contribution in [1.82, 2.24) is 4.90 Å². The number of hydrogen-bond donors (Lipinski definition) is 0. The van der Waals surface area contributed by atoms with Crippen molar-refractivity contribution >= 4 is 17.8 Å². The molecule has 0 spiro atoms. The maximum absolute atomic E-state index is 13.2. The van der Waals surface area contributed by atoms with Crippen molar-refractivity contribution in [2.45, 2.75) is 46.1 Å². The lowest BCUT2D eigenvalue weighted by Gasteiger charge is -2.19. The zero-order chi connectivity index (χ0) is 19.6. The Balaban J connectivity index is 1.84. The average Bonchev–Trinajstić information content (AvgIpc) is 3.41. The third-order valence-electron chi connectivity index (χ3n) is 5.10. The second-order valence-electron chi connectivity index (χ2n) is 7.51. The maximum Gasteiger partial charge on any atom is 0.206 e. The molecular formula is C23H28N2O2. The van der Waals surface area contributed by atoms with Gasteiger partial charge in [-0.25, -0.2) is 4.99 Å². The summed E-state index contributed by atoms with van der Waals surface area (Å²) in [5.41, 5.74) is 3.99. The molecule has 1 fully saturated rings. The summed E-state index contributed by atoms with van der Waals surface area (Å²) >= 11 is 0. The lowest BCUT2D eigenvalue weighted by molar-refractivity contribution is 0.0745. The summed E-state index contributed by atoms with van der Waals surface area (Å²) in [6.45, 7) is 8.97. The van der Waals surface area contributed by atoms with Gasteiger partial charge in [0.25, 0.3) is 0 Å². The van der Waals surface area contributed by atoms with E-state index in [9.17, 15) is 4.79 Å². The Morgan fingerprint density at radius 3 is 2.56 bits per heavy atom. The Kier molecular flexibility index (Phi) is 5.36. The molecule has 142 valence electrons. The molecule has 0 heterocycles. The summed E-state index contributed by atoms with van der Waals surface area (Å²) in [7, 11) is 1.99. The highest BCUT2D eigenvalue weighted by molar-refractivity contribution is 6.06. The normalized spacial score (nSPS) is 15.0. The predicted molar refractivity (Wildman–Crippen MR) is 110 cm³/mol. The van der Waals surface area contributed by atoms with Gasteiger partial charge in [-0.15, -0.1) is 0 Å². The van der Waals surface area contributed by atoms with Crippen molar-refractivity contribution in [1.29, 1.82) is 0 Å². The Morgan fingerprint density at radius 2 is 1.93 bits per heavy atom. The molecule has 1 aliphatic carbocycles. The lowest BCUT2D eigenvalue weighted by atomic mass is 9.96. The second-order valence-corrected chi connectivity index (χ2v) is 7.51. The van der Waals surface area contributed by atoms with Gasteiger partial charge in [-0.3, -0.25) is 4.79 Å². The fourth-order valence-corrected chi connectivity index (χ4v) is 3.07. The molecule has 0 unspecified atom stereocenters. The molecule has 0 radical (unpaired) electrons. The number of hydrogen-bond acceptors (Lipinski definition) is 3. The smallest absolute Gasteiger partial charge is 0.206 e. The van der Waals surface area contributed by atoms with Crippen molar-refractivity contribution in [3.05, 3.63) is 58.7 Å². The Hall–Kier alpha value is -2.62. The van der Waals surface area contributed by atoms with Gasteiger partial charge in [0.15, 0.2) is 5.60 Å². The minimum atomic E-state index is -0.710. The highest BCUT2D eigenvalue weighted by Crippen LogP contribution is 2.44. The number of carbonyl (C=O) groups excluding carboxylic acids is 1. The first kappa shape index (κ1) is 19.2. The third kappa shape index (κ3) is 4.21. The highest BCUT2D eigenvalue weighted by Gasteiger charge is 2.53. The Labute approximate surface area is 161 Å². The van der Waals surface area contributed by atoms with E-state index in [1.54, 1.807) is 0 Å². The van der Waals surface area contributed by atoms with Gasteiger partial charge in [0.05, 0.1) is 12.0 Å². The summed E-state index contributed by atoms with van der Waals surface area (Å²) in [5, 5.41) is 0. The largest absolute Gasteiger partial charge is 0.479 e. The molecule has 2 aromatic rings. The van der Waals surface area contributed by atoms with Crippen LogP contribution in [0.5, 0.6) is 5.75 Å². The zero-order valence-corrected chi connectivity index (χ0v) is 16.9. The van der Waals surface area contributed by atoms with E-state index < -0.39 is 5.60 Å². The fraction of sp³-hybridized carbons (Fsp3) is 0.391. The molecule has 4 nitrogen and oxygen atoms in total. The number of aliphatic imine (C=N–C) groups is 1. The number of rotatable bonds is 7. The minimum absolute atomic E-state index is 0.0748. The van der Waals surface area contributed by atoms with Crippen LogP contribution < -0.4 is 4.74 Å². The lowest BCUT2D eigenvalue weighted by Crippen LogP contribution is -2.30. The van der Waals surface area contributed by atoms with Crippen LogP contribution in [0, 0.1) is 20.8 Å². The number of ketones is 1. The number of Topliss-reactive ketones (excluding diaryl/α,β-unsaturated/α-hetero) is 1. The van der Waals surface area contributed by atoms with Gasteiger partial charge in [-0.2, -0.15) is 0 Å². The van der Waals surface area contributed by atoms with Crippen LogP contribution in [-0.2, 0) is 0 Å². The molecule has 0 N–H and O–H groups in total. The van der Waals surface area contributed by atoms with Crippen molar-refractivity contribution in [2.24, 2.45) is 4.99 Å². The summed E-state index contributed by atoms with van der Waals surface area (Å²) in [5.74, 6) is 0.838. The molecular weight excluding hydrogens is 336 g/mol. The summed E-state index contributed by atoms with van der Waals surface area (Å²) < 4.78 is 6.14. The van der Waals surface area contributed by atoms with Gasteiger partial charge in [0, 0.05) is 19.2 Å². The molecule has 4 heteroatoms. The average molecular weight is 364 g/mol. The SMILES string of the molecule is CCN(C)C=Nc1cc(C)c(C(=O)C2(Oc3cccc(C)c3)CC2)cc1C. The standard InChI is InChI=1S/C23H28N2O2/c1-6-25(5)15-24-21-14-17(3)20(13-18(21)4)22(26)23(10-11-23)27-19-9-7-8-16(2)12-19/h7-9,12-15H,6,10-11H2,1-5H3. The van der Waals surface area contributed by atoms with Crippen molar-refractivity contribution in [2.75, 3.05) is 13.6 Å². The molecule has 0 aromatic heterocycles. The highest BCUT2D eigenvalue weighted by atomic mass is 16.5. The molecule has 0 bridgehead atoms. The maximum atomic E-state index is 13.2. The molecule has 27 heavy (non-hydrogen) atoms. The summed E-state index contributed by atoms with van der Waals surface area (Å²) in [6, 6.07) is 11.8. The van der Waals surface area contributed by atoms with Crippen LogP contribution in [0.3, 0.4) is 0 Å². The van der Waals surface area contributed by atoms with Gasteiger partial charge in [-0.05, 0) is 81.5 Å². The van der Waals surface area contributed by atoms with Gasteiger partial charge < -0.3 is 9.64 Å². The summed E-state index contributed by atoms with van der Waals surface area (Å²) in [6.07, 6.45) is 3.35. The van der Waals surface area contributed by atoms with Crippen molar-refractivity contribution in [3.63, 3.8) is 0 Å². The monoisotopic (exact) mass is 364 g/mol. The van der Waals surface area contributed by atoms with Crippen LogP contribution >= 0.6 is 0 Å². The second kappa shape index (κ2) is 7.55. The minimum Gasteiger partial charge on any atom is -0.479 e. The number of ether oxygens (including phenoxy) is 1. The van der Waals surface area contributed by atoms with Crippen LogP contribution in [0.15, 0.2) is 41.4 Å². The topological polar surface area (TPSA) is 41.9 Å². The van der Waals surface area contributed by atoms with E-state index in [1.165, 1.54) is 0 Å². The van der Waals surface area contributed by atoms with Crippen LogP contribution in [-0.4, -0.2) is 36.2 Å². The Bertz CT molecular complexity index is 882. The van der Waals surface area contributed by atoms with Gasteiger partial charge in [-0.1, -0.05) is 12.1 Å². The van der Waals surface area contributed by atoms with E-state index in [0.29, 0.717) is 0 Å². The molecule has 1 aliphatic rings.